The van der Waals surface area contributed by atoms with Gasteiger partial charge in [-0.2, -0.15) is 0 Å². The van der Waals surface area contributed by atoms with Crippen LogP contribution >= 0.6 is 23.2 Å². The van der Waals surface area contributed by atoms with Crippen LogP contribution in [0.25, 0.3) is 0 Å². The lowest BCUT2D eigenvalue weighted by atomic mass is 10.1. The van der Waals surface area contributed by atoms with Gasteiger partial charge in [-0.05, 0) is 19.8 Å². The van der Waals surface area contributed by atoms with Crippen molar-refractivity contribution in [3.63, 3.8) is 0 Å². The number of ether oxygens (including phenoxy) is 1. The molecule has 0 aromatic heterocycles. The Bertz CT molecular complexity index is 235. The Morgan fingerprint density at radius 2 is 1.89 bits per heavy atom. The molecule has 0 amide bonds. The quantitative estimate of drug-likeness (QED) is 0.187. The highest BCUT2D eigenvalue weighted by Crippen LogP contribution is 2.11. The number of alkyl halides is 2. The van der Waals surface area contributed by atoms with Crippen molar-refractivity contribution in [2.75, 3.05) is 0 Å². The third-order valence-corrected chi connectivity index (χ3v) is 4.45. The van der Waals surface area contributed by atoms with Crippen molar-refractivity contribution in [2.45, 2.75) is 62.1 Å². The standard InChI is InChI=1S/C13H22Cl2O2Si/c1-3-12(16)17-11(2)9-7-5-4-6-8-10-18-13(14)15/h3,11,13H,1,4-10H2,2H3. The molecule has 104 valence electrons. The molecule has 0 fully saturated rings. The van der Waals surface area contributed by atoms with Crippen molar-refractivity contribution in [2.24, 2.45) is 0 Å². The monoisotopic (exact) mass is 308 g/mol. The molecule has 0 rings (SSSR count). The fourth-order valence-electron chi connectivity index (χ4n) is 1.60. The second-order valence-corrected chi connectivity index (χ2v) is 7.58. The van der Waals surface area contributed by atoms with Gasteiger partial charge in [-0.15, -0.1) is 23.2 Å². The summed E-state index contributed by atoms with van der Waals surface area (Å²) in [5.41, 5.74) is 0. The summed E-state index contributed by atoms with van der Waals surface area (Å²) in [5.74, 6) is -0.333. The molecular formula is C13H22Cl2O2Si. The first kappa shape index (κ1) is 18.0. The number of hydrogen-bond acceptors (Lipinski definition) is 2. The minimum absolute atomic E-state index is 0.00904. The van der Waals surface area contributed by atoms with E-state index in [9.17, 15) is 4.79 Å². The van der Waals surface area contributed by atoms with Crippen LogP contribution in [0.15, 0.2) is 12.7 Å². The molecule has 5 heteroatoms. The first-order valence-corrected chi connectivity index (χ1v) is 8.56. The molecule has 0 aromatic rings. The van der Waals surface area contributed by atoms with E-state index in [1.54, 1.807) is 0 Å². The molecule has 0 spiro atoms. The SMILES string of the molecule is C=CC(=O)OC(C)CCCCCCC[Si]C(Cl)Cl. The zero-order valence-electron chi connectivity index (χ0n) is 11.0. The topological polar surface area (TPSA) is 26.3 Å². The van der Waals surface area contributed by atoms with E-state index in [1.807, 2.05) is 6.92 Å². The second-order valence-electron chi connectivity index (χ2n) is 4.26. The predicted octanol–water partition coefficient (Wildman–Crippen LogP) is 4.33. The smallest absolute Gasteiger partial charge is 0.330 e. The highest BCUT2D eigenvalue weighted by molar-refractivity contribution is 6.68. The van der Waals surface area contributed by atoms with Gasteiger partial charge in [0.05, 0.1) is 20.1 Å². The number of unbranched alkanes of at least 4 members (excludes halogenated alkanes) is 4. The first-order chi connectivity index (χ1) is 8.56. The maximum absolute atomic E-state index is 10.9. The number of carbonyl (C=O) groups is 1. The Morgan fingerprint density at radius 3 is 2.50 bits per heavy atom. The molecule has 0 bridgehead atoms. The van der Waals surface area contributed by atoms with Gasteiger partial charge in [0.2, 0.25) is 0 Å². The largest absolute Gasteiger partial charge is 0.460 e. The van der Waals surface area contributed by atoms with E-state index in [2.05, 4.69) is 6.58 Å². The van der Waals surface area contributed by atoms with Crippen molar-refractivity contribution in [3.05, 3.63) is 12.7 Å². The van der Waals surface area contributed by atoms with Gasteiger partial charge in [0.15, 0.2) is 0 Å². The second kappa shape index (κ2) is 12.1. The van der Waals surface area contributed by atoms with Crippen molar-refractivity contribution in [1.82, 2.24) is 0 Å². The molecule has 1 atom stereocenters. The normalized spacial score (nSPS) is 12.4. The zero-order chi connectivity index (χ0) is 13.8. The lowest BCUT2D eigenvalue weighted by molar-refractivity contribution is -0.142. The van der Waals surface area contributed by atoms with Gasteiger partial charge in [-0.3, -0.25) is 0 Å². The number of hydrogen-bond donors (Lipinski definition) is 0. The fraction of sp³-hybridized carbons (Fsp3) is 0.769. The van der Waals surface area contributed by atoms with E-state index in [0.29, 0.717) is 9.52 Å². The van der Waals surface area contributed by atoms with E-state index in [4.69, 9.17) is 27.9 Å². The first-order valence-electron chi connectivity index (χ1n) is 6.41. The average Bonchev–Trinajstić information content (AvgIpc) is 2.31. The Hall–Kier alpha value is 0.00688. The van der Waals surface area contributed by atoms with Crippen LogP contribution in [-0.2, 0) is 9.53 Å². The van der Waals surface area contributed by atoms with E-state index in [0.717, 1.165) is 18.9 Å². The minimum Gasteiger partial charge on any atom is -0.460 e. The van der Waals surface area contributed by atoms with Crippen LogP contribution in [0.1, 0.15) is 45.4 Å². The van der Waals surface area contributed by atoms with Gasteiger partial charge in [0.1, 0.15) is 0 Å². The van der Waals surface area contributed by atoms with Gasteiger partial charge in [0.25, 0.3) is 0 Å². The maximum atomic E-state index is 10.9. The lowest BCUT2D eigenvalue weighted by Gasteiger charge is -2.11. The minimum atomic E-state index is -0.333. The van der Waals surface area contributed by atoms with Crippen LogP contribution in [-0.4, -0.2) is 26.1 Å². The van der Waals surface area contributed by atoms with Crippen LogP contribution in [0.5, 0.6) is 0 Å². The molecule has 0 aliphatic heterocycles. The molecule has 0 heterocycles. The molecule has 2 nitrogen and oxygen atoms in total. The van der Waals surface area contributed by atoms with Gasteiger partial charge in [-0.25, -0.2) is 4.79 Å². The molecule has 0 aliphatic rings. The molecule has 1 unspecified atom stereocenters. The molecule has 0 aromatic carbocycles. The summed E-state index contributed by atoms with van der Waals surface area (Å²) in [6, 6.07) is 1.13. The average molecular weight is 309 g/mol. The van der Waals surface area contributed by atoms with Crippen molar-refractivity contribution >= 4 is 38.7 Å². The molecule has 0 aliphatic carbocycles. The molecule has 2 radical (unpaired) electrons. The van der Waals surface area contributed by atoms with Gasteiger partial charge < -0.3 is 4.74 Å². The molecule has 0 saturated heterocycles. The zero-order valence-corrected chi connectivity index (χ0v) is 13.5. The van der Waals surface area contributed by atoms with Crippen LogP contribution in [0, 0.1) is 0 Å². The van der Waals surface area contributed by atoms with Gasteiger partial charge in [0, 0.05) is 6.08 Å². The summed E-state index contributed by atoms with van der Waals surface area (Å²) in [5, 5.41) is 0. The third-order valence-electron chi connectivity index (χ3n) is 2.57. The number of esters is 1. The predicted molar refractivity (Wildman–Crippen MR) is 79.5 cm³/mol. The van der Waals surface area contributed by atoms with Crippen molar-refractivity contribution in [3.8, 4) is 0 Å². The van der Waals surface area contributed by atoms with E-state index >= 15 is 0 Å². The molecule has 18 heavy (non-hydrogen) atoms. The van der Waals surface area contributed by atoms with Crippen LogP contribution in [0.4, 0.5) is 0 Å². The molecule has 0 saturated carbocycles. The Kier molecular flexibility index (Phi) is 12.1. The number of halogens is 2. The summed E-state index contributed by atoms with van der Waals surface area (Å²) in [4.78, 5) is 10.9. The van der Waals surface area contributed by atoms with Gasteiger partial charge >= 0.3 is 5.97 Å². The van der Waals surface area contributed by atoms with Crippen LogP contribution < -0.4 is 0 Å². The summed E-state index contributed by atoms with van der Waals surface area (Å²) < 4.78 is 4.90. The summed E-state index contributed by atoms with van der Waals surface area (Å²) in [7, 11) is 0.658. The summed E-state index contributed by atoms with van der Waals surface area (Å²) in [6.45, 7) is 5.29. The highest BCUT2D eigenvalue weighted by atomic mass is 35.5. The van der Waals surface area contributed by atoms with E-state index < -0.39 is 0 Å². The number of carbonyl (C=O) groups excluding carboxylic acids is 1. The highest BCUT2D eigenvalue weighted by Gasteiger charge is 2.05. The van der Waals surface area contributed by atoms with Crippen LogP contribution in [0.2, 0.25) is 6.04 Å². The van der Waals surface area contributed by atoms with Crippen molar-refractivity contribution in [1.29, 1.82) is 0 Å². The van der Waals surface area contributed by atoms with Gasteiger partial charge in [-0.1, -0.05) is 38.3 Å². The lowest BCUT2D eigenvalue weighted by Crippen LogP contribution is -2.12. The summed E-state index contributed by atoms with van der Waals surface area (Å²) in [6.07, 6.45) is 8.06. The Balaban J connectivity index is 3.24. The summed E-state index contributed by atoms with van der Waals surface area (Å²) >= 11 is 11.3. The third kappa shape index (κ3) is 12.5. The number of rotatable bonds is 11. The molecular weight excluding hydrogens is 287 g/mol. The Morgan fingerprint density at radius 1 is 1.28 bits per heavy atom. The van der Waals surface area contributed by atoms with Crippen molar-refractivity contribution < 1.29 is 9.53 Å². The molecule has 0 N–H and O–H groups in total. The Labute approximate surface area is 123 Å². The maximum Gasteiger partial charge on any atom is 0.330 e. The van der Waals surface area contributed by atoms with E-state index in [1.165, 1.54) is 31.8 Å². The fourth-order valence-corrected chi connectivity index (χ4v) is 2.93. The van der Waals surface area contributed by atoms with Crippen LogP contribution in [0.3, 0.4) is 0 Å². The van der Waals surface area contributed by atoms with E-state index in [-0.39, 0.29) is 16.5 Å².